The minimum Gasteiger partial charge on any atom is -0.314 e. The highest BCUT2D eigenvalue weighted by Gasteiger charge is 2.19. The highest BCUT2D eigenvalue weighted by molar-refractivity contribution is 7.99. The van der Waals surface area contributed by atoms with Crippen molar-refractivity contribution in [3.05, 3.63) is 18.0 Å². The zero-order valence-electron chi connectivity index (χ0n) is 9.78. The lowest BCUT2D eigenvalue weighted by Gasteiger charge is -2.02. The van der Waals surface area contributed by atoms with Crippen molar-refractivity contribution in [3.8, 4) is 0 Å². The summed E-state index contributed by atoms with van der Waals surface area (Å²) in [7, 11) is 0. The first kappa shape index (κ1) is 11.9. The molecular formula is C12H19N3S. The van der Waals surface area contributed by atoms with Crippen LogP contribution in [0, 0.1) is 6.92 Å². The Morgan fingerprint density at radius 3 is 3.06 bits per heavy atom. The topological polar surface area (TPSA) is 37.8 Å². The smallest absolute Gasteiger partial charge is 0.187 e. The first-order valence-corrected chi connectivity index (χ1v) is 6.99. The van der Waals surface area contributed by atoms with Crippen LogP contribution in [0.5, 0.6) is 0 Å². The molecule has 2 rings (SSSR count). The van der Waals surface area contributed by atoms with Gasteiger partial charge < -0.3 is 5.32 Å². The van der Waals surface area contributed by atoms with E-state index in [1.54, 1.807) is 11.8 Å². The van der Waals surface area contributed by atoms with Crippen LogP contribution in [0.3, 0.4) is 0 Å². The zero-order valence-corrected chi connectivity index (χ0v) is 10.6. The van der Waals surface area contributed by atoms with Crippen LogP contribution in [-0.2, 0) is 0 Å². The second-order valence-corrected chi connectivity index (χ2v) is 5.33. The van der Waals surface area contributed by atoms with E-state index in [1.807, 2.05) is 19.2 Å². The van der Waals surface area contributed by atoms with Gasteiger partial charge in [0.2, 0.25) is 0 Å². The predicted molar refractivity (Wildman–Crippen MR) is 67.8 cm³/mol. The molecule has 1 aromatic rings. The summed E-state index contributed by atoms with van der Waals surface area (Å²) < 4.78 is 0. The van der Waals surface area contributed by atoms with Gasteiger partial charge in [-0.1, -0.05) is 11.8 Å². The Hall–Kier alpha value is -0.610. The van der Waals surface area contributed by atoms with Crippen molar-refractivity contribution in [1.82, 2.24) is 15.3 Å². The quantitative estimate of drug-likeness (QED) is 0.449. The lowest BCUT2D eigenvalue weighted by Crippen LogP contribution is -2.17. The highest BCUT2D eigenvalue weighted by atomic mass is 32.2. The number of nitrogens with one attached hydrogen (secondary N) is 1. The van der Waals surface area contributed by atoms with Gasteiger partial charge in [-0.2, -0.15) is 0 Å². The Morgan fingerprint density at radius 1 is 1.44 bits per heavy atom. The summed E-state index contributed by atoms with van der Waals surface area (Å²) in [6, 6.07) is 2.77. The number of rotatable bonds is 7. The van der Waals surface area contributed by atoms with E-state index in [0.29, 0.717) is 0 Å². The van der Waals surface area contributed by atoms with Crippen molar-refractivity contribution in [1.29, 1.82) is 0 Å². The molecule has 0 aliphatic heterocycles. The maximum Gasteiger partial charge on any atom is 0.187 e. The molecule has 0 spiro atoms. The Balaban J connectivity index is 1.53. The third-order valence-corrected chi connectivity index (χ3v) is 3.53. The molecule has 1 saturated carbocycles. The van der Waals surface area contributed by atoms with Gasteiger partial charge in [0.25, 0.3) is 0 Å². The summed E-state index contributed by atoms with van der Waals surface area (Å²) in [5.74, 6) is 1.12. The fraction of sp³-hybridized carbons (Fsp3) is 0.667. The third kappa shape index (κ3) is 4.49. The van der Waals surface area contributed by atoms with Crippen LogP contribution in [0.25, 0.3) is 0 Å². The van der Waals surface area contributed by atoms with Crippen molar-refractivity contribution in [2.45, 2.75) is 43.8 Å². The van der Waals surface area contributed by atoms with Gasteiger partial charge in [0.05, 0.1) is 0 Å². The van der Waals surface area contributed by atoms with Gasteiger partial charge in [0, 0.05) is 23.7 Å². The number of hydrogen-bond donors (Lipinski definition) is 1. The Morgan fingerprint density at radius 2 is 2.31 bits per heavy atom. The number of thioether (sulfide) groups is 1. The van der Waals surface area contributed by atoms with Crippen molar-refractivity contribution in [2.24, 2.45) is 0 Å². The summed E-state index contributed by atoms with van der Waals surface area (Å²) >= 11 is 1.76. The lowest BCUT2D eigenvalue weighted by molar-refractivity contribution is 0.640. The number of hydrogen-bond acceptors (Lipinski definition) is 4. The van der Waals surface area contributed by atoms with E-state index in [1.165, 1.54) is 32.2 Å². The molecule has 0 amide bonds. The van der Waals surface area contributed by atoms with Crippen LogP contribution in [0.2, 0.25) is 0 Å². The van der Waals surface area contributed by atoms with Gasteiger partial charge in [-0.3, -0.25) is 0 Å². The standard InChI is InChI=1S/C12H19N3S/c1-10-6-8-14-12(15-10)16-9-3-2-7-13-11-4-5-11/h6,8,11,13H,2-5,7,9H2,1H3. The average molecular weight is 237 g/mol. The SMILES string of the molecule is Cc1ccnc(SCCCCNC2CC2)n1. The molecule has 1 aliphatic rings. The van der Waals surface area contributed by atoms with E-state index in [0.717, 1.165) is 22.6 Å². The van der Waals surface area contributed by atoms with Crippen molar-refractivity contribution in [3.63, 3.8) is 0 Å². The molecule has 0 radical (unpaired) electrons. The number of nitrogens with zero attached hydrogens (tertiary/aromatic N) is 2. The van der Waals surface area contributed by atoms with Crippen LogP contribution < -0.4 is 5.32 Å². The normalized spacial score (nSPS) is 15.3. The molecule has 88 valence electrons. The predicted octanol–water partition coefficient (Wildman–Crippen LogP) is 2.41. The van der Waals surface area contributed by atoms with Crippen LogP contribution in [-0.4, -0.2) is 28.3 Å². The van der Waals surface area contributed by atoms with Gasteiger partial charge in [0.1, 0.15) is 0 Å². The summed E-state index contributed by atoms with van der Waals surface area (Å²) in [6.07, 6.45) is 7.09. The van der Waals surface area contributed by atoms with E-state index in [-0.39, 0.29) is 0 Å². The van der Waals surface area contributed by atoms with Crippen LogP contribution in [0.15, 0.2) is 17.4 Å². The molecule has 16 heavy (non-hydrogen) atoms. The van der Waals surface area contributed by atoms with Crippen molar-refractivity contribution >= 4 is 11.8 Å². The molecule has 3 nitrogen and oxygen atoms in total. The third-order valence-electron chi connectivity index (χ3n) is 2.59. The number of unbranched alkanes of at least 4 members (excludes halogenated alkanes) is 1. The molecule has 1 N–H and O–H groups in total. The Kier molecular flexibility index (Phi) is 4.60. The Labute approximate surface area is 101 Å². The maximum absolute atomic E-state index is 4.37. The largest absolute Gasteiger partial charge is 0.314 e. The maximum atomic E-state index is 4.37. The van der Waals surface area contributed by atoms with E-state index >= 15 is 0 Å². The molecule has 1 aliphatic carbocycles. The Bertz CT molecular complexity index is 326. The highest BCUT2D eigenvalue weighted by Crippen LogP contribution is 2.18. The number of aryl methyl sites for hydroxylation is 1. The fourth-order valence-corrected chi connectivity index (χ4v) is 2.35. The second-order valence-electron chi connectivity index (χ2n) is 4.26. The first-order valence-electron chi connectivity index (χ1n) is 6.00. The van der Waals surface area contributed by atoms with Gasteiger partial charge in [-0.25, -0.2) is 9.97 Å². The minimum absolute atomic E-state index is 0.841. The zero-order chi connectivity index (χ0) is 11.2. The van der Waals surface area contributed by atoms with E-state index in [4.69, 9.17) is 0 Å². The summed E-state index contributed by atoms with van der Waals surface area (Å²) in [6.45, 7) is 3.17. The van der Waals surface area contributed by atoms with E-state index in [2.05, 4.69) is 15.3 Å². The van der Waals surface area contributed by atoms with Crippen molar-refractivity contribution in [2.75, 3.05) is 12.3 Å². The number of aromatic nitrogens is 2. The molecular weight excluding hydrogens is 218 g/mol. The average Bonchev–Trinajstić information content (AvgIpc) is 3.07. The molecule has 0 aromatic carbocycles. The molecule has 1 aromatic heterocycles. The molecule has 0 atom stereocenters. The monoisotopic (exact) mass is 237 g/mol. The molecule has 0 unspecified atom stereocenters. The molecule has 1 fully saturated rings. The summed E-state index contributed by atoms with van der Waals surface area (Å²) in [5.41, 5.74) is 1.05. The van der Waals surface area contributed by atoms with Gasteiger partial charge in [-0.05, 0) is 45.2 Å². The molecule has 0 saturated heterocycles. The van der Waals surface area contributed by atoms with Gasteiger partial charge in [0.15, 0.2) is 5.16 Å². The van der Waals surface area contributed by atoms with Crippen LogP contribution in [0.1, 0.15) is 31.4 Å². The summed E-state index contributed by atoms with van der Waals surface area (Å²) in [4.78, 5) is 8.60. The minimum atomic E-state index is 0.841. The fourth-order valence-electron chi connectivity index (χ4n) is 1.48. The molecule has 1 heterocycles. The van der Waals surface area contributed by atoms with E-state index < -0.39 is 0 Å². The van der Waals surface area contributed by atoms with E-state index in [9.17, 15) is 0 Å². The molecule has 0 bridgehead atoms. The van der Waals surface area contributed by atoms with Gasteiger partial charge in [-0.15, -0.1) is 0 Å². The van der Waals surface area contributed by atoms with Crippen molar-refractivity contribution < 1.29 is 0 Å². The lowest BCUT2D eigenvalue weighted by atomic mass is 10.3. The summed E-state index contributed by atoms with van der Waals surface area (Å²) in [5, 5.41) is 4.44. The van der Waals surface area contributed by atoms with Crippen LogP contribution in [0.4, 0.5) is 0 Å². The molecule has 4 heteroatoms. The van der Waals surface area contributed by atoms with Gasteiger partial charge >= 0.3 is 0 Å². The second kappa shape index (κ2) is 6.21. The first-order chi connectivity index (χ1) is 7.84. The van der Waals surface area contributed by atoms with Crippen LogP contribution >= 0.6 is 11.8 Å².